The van der Waals surface area contributed by atoms with Crippen LogP contribution in [-0.4, -0.2) is 52.1 Å². The number of carbonyl (C=O) groups is 3. The van der Waals surface area contributed by atoms with E-state index in [-0.39, 0.29) is 47.3 Å². The summed E-state index contributed by atoms with van der Waals surface area (Å²) in [5.41, 5.74) is 0. The molecule has 21 heavy (non-hydrogen) atoms. The van der Waals surface area contributed by atoms with E-state index in [2.05, 4.69) is 5.32 Å². The van der Waals surface area contributed by atoms with Crippen molar-refractivity contribution in [1.29, 1.82) is 0 Å². The third-order valence-corrected chi connectivity index (χ3v) is 4.73. The summed E-state index contributed by atoms with van der Waals surface area (Å²) in [6.07, 6.45) is 0.252. The zero-order valence-electron chi connectivity index (χ0n) is 13.5. The standard InChI is InChI=1S/C15H26N2O3S/c1-6-17-13(18)7-12(15(17)20)21-8-11(16-10(4)5)14(19)9(2)3/h9-12,16H,6-8H2,1-5H3/t11-,12?/m0/s1. The molecule has 1 saturated heterocycles. The maximum absolute atomic E-state index is 12.2. The fourth-order valence-corrected chi connectivity index (χ4v) is 3.56. The number of hydrogen-bond donors (Lipinski definition) is 1. The molecule has 0 radical (unpaired) electrons. The fraction of sp³-hybridized carbons (Fsp3) is 0.800. The maximum atomic E-state index is 12.2. The Labute approximate surface area is 131 Å². The molecule has 1 heterocycles. The smallest absolute Gasteiger partial charge is 0.242 e. The molecule has 1 unspecified atom stereocenters. The van der Waals surface area contributed by atoms with Crippen molar-refractivity contribution in [2.24, 2.45) is 5.92 Å². The Balaban J connectivity index is 2.63. The first-order valence-electron chi connectivity index (χ1n) is 7.53. The normalized spacial score (nSPS) is 20.7. The first-order chi connectivity index (χ1) is 9.77. The van der Waals surface area contributed by atoms with Gasteiger partial charge in [0.15, 0.2) is 5.78 Å². The van der Waals surface area contributed by atoms with Gasteiger partial charge in [-0.05, 0) is 6.92 Å². The van der Waals surface area contributed by atoms with Gasteiger partial charge in [0, 0.05) is 30.7 Å². The van der Waals surface area contributed by atoms with Crippen molar-refractivity contribution < 1.29 is 14.4 Å². The lowest BCUT2D eigenvalue weighted by Gasteiger charge is -2.22. The molecule has 1 aliphatic heterocycles. The van der Waals surface area contributed by atoms with Crippen LogP contribution in [0.4, 0.5) is 0 Å². The summed E-state index contributed by atoms with van der Waals surface area (Å²) < 4.78 is 0. The molecular weight excluding hydrogens is 288 g/mol. The largest absolute Gasteiger partial charge is 0.305 e. The monoisotopic (exact) mass is 314 g/mol. The quantitative estimate of drug-likeness (QED) is 0.687. The lowest BCUT2D eigenvalue weighted by Crippen LogP contribution is -2.45. The molecule has 6 heteroatoms. The molecule has 2 amide bonds. The number of rotatable bonds is 8. The van der Waals surface area contributed by atoms with E-state index in [0.29, 0.717) is 12.3 Å². The van der Waals surface area contributed by atoms with E-state index in [1.165, 1.54) is 16.7 Å². The molecule has 0 aromatic carbocycles. The average Bonchev–Trinajstić information content (AvgIpc) is 2.67. The number of imide groups is 1. The predicted molar refractivity (Wildman–Crippen MR) is 85.2 cm³/mol. The molecule has 0 aromatic heterocycles. The van der Waals surface area contributed by atoms with Gasteiger partial charge < -0.3 is 5.32 Å². The van der Waals surface area contributed by atoms with Crippen LogP contribution in [0.15, 0.2) is 0 Å². The Morgan fingerprint density at radius 2 is 1.95 bits per heavy atom. The average molecular weight is 314 g/mol. The molecule has 1 aliphatic rings. The van der Waals surface area contributed by atoms with Crippen LogP contribution in [0.25, 0.3) is 0 Å². The van der Waals surface area contributed by atoms with E-state index in [4.69, 9.17) is 0 Å². The molecule has 120 valence electrons. The topological polar surface area (TPSA) is 66.5 Å². The number of amides is 2. The minimum Gasteiger partial charge on any atom is -0.305 e. The third kappa shape index (κ3) is 4.81. The van der Waals surface area contributed by atoms with Crippen molar-refractivity contribution >= 4 is 29.4 Å². The minimum atomic E-state index is -0.339. The van der Waals surface area contributed by atoms with Crippen LogP contribution in [-0.2, 0) is 14.4 Å². The highest BCUT2D eigenvalue weighted by molar-refractivity contribution is 8.00. The molecule has 0 aromatic rings. The van der Waals surface area contributed by atoms with E-state index < -0.39 is 0 Å². The summed E-state index contributed by atoms with van der Waals surface area (Å²) in [6, 6.07) is -0.0695. The van der Waals surface area contributed by atoms with Gasteiger partial charge in [0.25, 0.3) is 0 Å². The highest BCUT2D eigenvalue weighted by Crippen LogP contribution is 2.26. The summed E-state index contributed by atoms with van der Waals surface area (Å²) >= 11 is 1.42. The summed E-state index contributed by atoms with van der Waals surface area (Å²) in [7, 11) is 0. The van der Waals surface area contributed by atoms with E-state index in [1.807, 2.05) is 27.7 Å². The molecular formula is C15H26N2O3S. The number of ketones is 1. The van der Waals surface area contributed by atoms with Gasteiger partial charge >= 0.3 is 0 Å². The van der Waals surface area contributed by atoms with Gasteiger partial charge in [-0.2, -0.15) is 0 Å². The Bertz CT molecular complexity index is 410. The van der Waals surface area contributed by atoms with Crippen LogP contribution in [0.3, 0.4) is 0 Å². The highest BCUT2D eigenvalue weighted by Gasteiger charge is 2.38. The first kappa shape index (κ1) is 18.2. The van der Waals surface area contributed by atoms with Gasteiger partial charge in [-0.15, -0.1) is 11.8 Å². The van der Waals surface area contributed by atoms with Crippen LogP contribution >= 0.6 is 11.8 Å². The van der Waals surface area contributed by atoms with Gasteiger partial charge in [-0.25, -0.2) is 0 Å². The molecule has 2 atom stereocenters. The molecule has 0 aliphatic carbocycles. The van der Waals surface area contributed by atoms with Crippen LogP contribution in [0.5, 0.6) is 0 Å². The van der Waals surface area contributed by atoms with Gasteiger partial charge in [-0.3, -0.25) is 19.3 Å². The van der Waals surface area contributed by atoms with Gasteiger partial charge in [0.2, 0.25) is 11.8 Å². The number of carbonyl (C=O) groups excluding carboxylic acids is 3. The van der Waals surface area contributed by atoms with Crippen LogP contribution in [0, 0.1) is 5.92 Å². The first-order valence-corrected chi connectivity index (χ1v) is 8.58. The molecule has 1 N–H and O–H groups in total. The van der Waals surface area contributed by atoms with Crippen LogP contribution in [0.1, 0.15) is 41.0 Å². The van der Waals surface area contributed by atoms with Crippen molar-refractivity contribution in [3.05, 3.63) is 0 Å². The Morgan fingerprint density at radius 1 is 1.33 bits per heavy atom. The lowest BCUT2D eigenvalue weighted by molar-refractivity contribution is -0.138. The van der Waals surface area contributed by atoms with E-state index in [1.54, 1.807) is 6.92 Å². The maximum Gasteiger partial charge on any atom is 0.242 e. The van der Waals surface area contributed by atoms with Crippen molar-refractivity contribution in [2.45, 2.75) is 58.4 Å². The highest BCUT2D eigenvalue weighted by atomic mass is 32.2. The number of hydrogen-bond acceptors (Lipinski definition) is 5. The number of Topliss-reactive ketones (excluding diaryl/α,β-unsaturated/α-hetero) is 1. The van der Waals surface area contributed by atoms with Crippen molar-refractivity contribution in [3.8, 4) is 0 Å². The lowest BCUT2D eigenvalue weighted by atomic mass is 10.0. The van der Waals surface area contributed by atoms with E-state index in [0.717, 1.165) is 0 Å². The zero-order chi connectivity index (χ0) is 16.2. The molecule has 1 rings (SSSR count). The fourth-order valence-electron chi connectivity index (χ4n) is 2.34. The second kappa shape index (κ2) is 7.94. The summed E-state index contributed by atoms with van der Waals surface area (Å²) in [5, 5.41) is 2.92. The van der Waals surface area contributed by atoms with Gasteiger partial charge in [0.1, 0.15) is 0 Å². The second-order valence-corrected chi connectivity index (χ2v) is 7.17. The van der Waals surface area contributed by atoms with E-state index in [9.17, 15) is 14.4 Å². The number of likely N-dealkylation sites (tertiary alicyclic amines) is 1. The number of thioether (sulfide) groups is 1. The van der Waals surface area contributed by atoms with Crippen LogP contribution in [0.2, 0.25) is 0 Å². The van der Waals surface area contributed by atoms with Gasteiger partial charge in [0.05, 0.1) is 11.3 Å². The Morgan fingerprint density at radius 3 is 2.38 bits per heavy atom. The summed E-state index contributed by atoms with van der Waals surface area (Å²) in [5.74, 6) is 0.405. The Hall–Kier alpha value is -0.880. The second-order valence-electron chi connectivity index (χ2n) is 5.93. The SMILES string of the molecule is CCN1C(=O)CC(SC[C@H](NC(C)C)C(=O)C(C)C)C1=O. The third-order valence-electron chi connectivity index (χ3n) is 3.43. The Kier molecular flexibility index (Phi) is 6.87. The summed E-state index contributed by atoms with van der Waals surface area (Å²) in [4.78, 5) is 37.3. The van der Waals surface area contributed by atoms with Crippen molar-refractivity contribution in [1.82, 2.24) is 10.2 Å². The van der Waals surface area contributed by atoms with E-state index >= 15 is 0 Å². The molecule has 0 spiro atoms. The molecule has 0 saturated carbocycles. The zero-order valence-corrected chi connectivity index (χ0v) is 14.3. The van der Waals surface area contributed by atoms with Crippen molar-refractivity contribution in [3.63, 3.8) is 0 Å². The molecule has 1 fully saturated rings. The number of nitrogens with zero attached hydrogens (tertiary/aromatic N) is 1. The predicted octanol–water partition coefficient (Wildman–Crippen LogP) is 1.46. The summed E-state index contributed by atoms with van der Waals surface area (Å²) in [6.45, 7) is 9.97. The number of nitrogens with one attached hydrogen (secondary N) is 1. The minimum absolute atomic E-state index is 0.0464. The molecule has 0 bridgehead atoms. The van der Waals surface area contributed by atoms with Crippen molar-refractivity contribution in [2.75, 3.05) is 12.3 Å². The van der Waals surface area contributed by atoms with Crippen LogP contribution < -0.4 is 5.32 Å². The van der Waals surface area contributed by atoms with Gasteiger partial charge in [-0.1, -0.05) is 27.7 Å². The molecule has 5 nitrogen and oxygen atoms in total.